The zero-order chi connectivity index (χ0) is 13.7. The SMILES string of the molecule is COc1ccccc1CC(C)N(C)C[C@H]1CCCN1. The topological polar surface area (TPSA) is 24.5 Å². The molecule has 0 saturated carbocycles. The molecule has 1 saturated heterocycles. The van der Waals surface area contributed by atoms with Gasteiger partial charge < -0.3 is 15.0 Å². The van der Waals surface area contributed by atoms with Crippen molar-refractivity contribution in [1.82, 2.24) is 10.2 Å². The first-order chi connectivity index (χ1) is 9.20. The van der Waals surface area contributed by atoms with Crippen LogP contribution < -0.4 is 10.1 Å². The largest absolute Gasteiger partial charge is 0.496 e. The van der Waals surface area contributed by atoms with Gasteiger partial charge in [0.15, 0.2) is 0 Å². The lowest BCUT2D eigenvalue weighted by Gasteiger charge is -2.28. The van der Waals surface area contributed by atoms with Crippen molar-refractivity contribution in [1.29, 1.82) is 0 Å². The van der Waals surface area contributed by atoms with E-state index in [1.807, 2.05) is 12.1 Å². The Bertz CT molecular complexity index is 388. The van der Waals surface area contributed by atoms with E-state index in [9.17, 15) is 0 Å². The Kier molecular flexibility index (Phi) is 5.23. The summed E-state index contributed by atoms with van der Waals surface area (Å²) in [6, 6.07) is 9.52. The normalized spacial score (nSPS) is 20.7. The first-order valence-electron chi connectivity index (χ1n) is 7.26. The molecule has 1 aromatic carbocycles. The molecule has 1 N–H and O–H groups in total. The van der Waals surface area contributed by atoms with E-state index in [-0.39, 0.29) is 0 Å². The molecule has 0 aliphatic carbocycles. The van der Waals surface area contributed by atoms with E-state index in [0.29, 0.717) is 12.1 Å². The Labute approximate surface area is 116 Å². The number of rotatable bonds is 6. The average Bonchev–Trinajstić information content (AvgIpc) is 2.92. The third-order valence-electron chi connectivity index (χ3n) is 4.13. The number of likely N-dealkylation sites (N-methyl/N-ethyl adjacent to an activating group) is 1. The van der Waals surface area contributed by atoms with Crippen molar-refractivity contribution in [2.45, 2.75) is 38.3 Å². The van der Waals surface area contributed by atoms with Gasteiger partial charge in [-0.05, 0) is 51.4 Å². The first kappa shape index (κ1) is 14.4. The highest BCUT2D eigenvalue weighted by atomic mass is 16.5. The number of benzene rings is 1. The molecule has 0 amide bonds. The van der Waals surface area contributed by atoms with Gasteiger partial charge in [-0.15, -0.1) is 0 Å². The fraction of sp³-hybridized carbons (Fsp3) is 0.625. The van der Waals surface area contributed by atoms with Crippen LogP contribution in [0.5, 0.6) is 5.75 Å². The summed E-state index contributed by atoms with van der Waals surface area (Å²) < 4.78 is 5.43. The van der Waals surface area contributed by atoms with Crippen molar-refractivity contribution in [3.05, 3.63) is 29.8 Å². The lowest BCUT2D eigenvalue weighted by Crippen LogP contribution is -2.40. The van der Waals surface area contributed by atoms with Crippen LogP contribution in [0.25, 0.3) is 0 Å². The van der Waals surface area contributed by atoms with Crippen molar-refractivity contribution in [3.8, 4) is 5.75 Å². The number of hydrogen-bond donors (Lipinski definition) is 1. The maximum atomic E-state index is 5.43. The van der Waals surface area contributed by atoms with Crippen LogP contribution in [0, 0.1) is 0 Å². The Balaban J connectivity index is 1.90. The summed E-state index contributed by atoms with van der Waals surface area (Å²) in [5.74, 6) is 1.00. The quantitative estimate of drug-likeness (QED) is 0.851. The second-order valence-corrected chi connectivity index (χ2v) is 5.60. The number of hydrogen-bond acceptors (Lipinski definition) is 3. The average molecular weight is 262 g/mol. The van der Waals surface area contributed by atoms with Crippen molar-refractivity contribution in [3.63, 3.8) is 0 Å². The monoisotopic (exact) mass is 262 g/mol. The van der Waals surface area contributed by atoms with Crippen LogP contribution >= 0.6 is 0 Å². The number of nitrogens with zero attached hydrogens (tertiary/aromatic N) is 1. The predicted molar refractivity (Wildman–Crippen MR) is 79.8 cm³/mol. The van der Waals surface area contributed by atoms with E-state index in [0.717, 1.165) is 18.7 Å². The summed E-state index contributed by atoms with van der Waals surface area (Å²) in [5.41, 5.74) is 1.30. The van der Waals surface area contributed by atoms with E-state index in [1.54, 1.807) is 7.11 Å². The molecule has 1 aliphatic heterocycles. The third-order valence-corrected chi connectivity index (χ3v) is 4.13. The maximum Gasteiger partial charge on any atom is 0.122 e. The molecule has 0 spiro atoms. The van der Waals surface area contributed by atoms with Gasteiger partial charge in [0.05, 0.1) is 7.11 Å². The fourth-order valence-corrected chi connectivity index (χ4v) is 2.79. The van der Waals surface area contributed by atoms with Crippen molar-refractivity contribution in [2.24, 2.45) is 0 Å². The van der Waals surface area contributed by atoms with E-state index in [2.05, 4.69) is 36.3 Å². The minimum absolute atomic E-state index is 0.527. The van der Waals surface area contributed by atoms with Gasteiger partial charge in [0.25, 0.3) is 0 Å². The van der Waals surface area contributed by atoms with E-state index in [1.165, 1.54) is 24.9 Å². The molecule has 1 aliphatic rings. The second kappa shape index (κ2) is 6.92. The molecule has 2 rings (SSSR count). The number of ether oxygens (including phenoxy) is 1. The van der Waals surface area contributed by atoms with Crippen LogP contribution in [0.2, 0.25) is 0 Å². The predicted octanol–water partition coefficient (Wildman–Crippen LogP) is 2.31. The van der Waals surface area contributed by atoms with Gasteiger partial charge in [-0.1, -0.05) is 18.2 Å². The first-order valence-corrected chi connectivity index (χ1v) is 7.26. The fourth-order valence-electron chi connectivity index (χ4n) is 2.79. The number of methoxy groups -OCH3 is 1. The molecule has 1 fully saturated rings. The highest BCUT2D eigenvalue weighted by molar-refractivity contribution is 5.33. The van der Waals surface area contributed by atoms with Crippen LogP contribution in [-0.2, 0) is 6.42 Å². The molecular formula is C16H26N2O. The van der Waals surface area contributed by atoms with Gasteiger partial charge >= 0.3 is 0 Å². The Morgan fingerprint density at radius 1 is 1.42 bits per heavy atom. The van der Waals surface area contributed by atoms with Crippen LogP contribution in [0.3, 0.4) is 0 Å². The van der Waals surface area contributed by atoms with Crippen LogP contribution in [-0.4, -0.2) is 44.2 Å². The Morgan fingerprint density at radius 3 is 2.89 bits per heavy atom. The molecule has 1 unspecified atom stereocenters. The number of para-hydroxylation sites is 1. The zero-order valence-corrected chi connectivity index (χ0v) is 12.4. The summed E-state index contributed by atoms with van der Waals surface area (Å²) >= 11 is 0. The molecule has 1 aromatic rings. The van der Waals surface area contributed by atoms with Crippen LogP contribution in [0.4, 0.5) is 0 Å². The summed E-state index contributed by atoms with van der Waals surface area (Å²) in [6.45, 7) is 4.61. The molecule has 19 heavy (non-hydrogen) atoms. The second-order valence-electron chi connectivity index (χ2n) is 5.60. The molecule has 3 heteroatoms. The van der Waals surface area contributed by atoms with Crippen molar-refractivity contribution < 1.29 is 4.74 Å². The van der Waals surface area contributed by atoms with Gasteiger partial charge in [-0.2, -0.15) is 0 Å². The summed E-state index contributed by atoms with van der Waals surface area (Å²) in [7, 11) is 3.97. The molecule has 0 radical (unpaired) electrons. The maximum absolute atomic E-state index is 5.43. The van der Waals surface area contributed by atoms with E-state index in [4.69, 9.17) is 4.74 Å². The number of nitrogens with one attached hydrogen (secondary N) is 1. The Morgan fingerprint density at radius 2 is 2.21 bits per heavy atom. The standard InChI is InChI=1S/C16H26N2O/c1-13(18(2)12-15-8-6-10-17-15)11-14-7-4-5-9-16(14)19-3/h4-5,7,9,13,15,17H,6,8,10-12H2,1-3H3/t13?,15-/m1/s1. The lowest BCUT2D eigenvalue weighted by atomic mass is 10.0. The lowest BCUT2D eigenvalue weighted by molar-refractivity contribution is 0.233. The third kappa shape index (κ3) is 3.95. The van der Waals surface area contributed by atoms with Gasteiger partial charge in [0, 0.05) is 18.6 Å². The highest BCUT2D eigenvalue weighted by Gasteiger charge is 2.19. The molecule has 106 valence electrons. The van der Waals surface area contributed by atoms with Gasteiger partial charge in [-0.3, -0.25) is 0 Å². The zero-order valence-electron chi connectivity index (χ0n) is 12.4. The van der Waals surface area contributed by atoms with Gasteiger partial charge in [-0.25, -0.2) is 0 Å². The van der Waals surface area contributed by atoms with Gasteiger partial charge in [0.2, 0.25) is 0 Å². The summed E-state index contributed by atoms with van der Waals surface area (Å²) in [4.78, 5) is 2.45. The molecule has 3 nitrogen and oxygen atoms in total. The molecular weight excluding hydrogens is 236 g/mol. The van der Waals surface area contributed by atoms with E-state index < -0.39 is 0 Å². The Hall–Kier alpha value is -1.06. The van der Waals surface area contributed by atoms with Crippen molar-refractivity contribution >= 4 is 0 Å². The minimum Gasteiger partial charge on any atom is -0.496 e. The summed E-state index contributed by atoms with van der Waals surface area (Å²) in [6.07, 6.45) is 3.67. The molecule has 1 heterocycles. The van der Waals surface area contributed by atoms with E-state index >= 15 is 0 Å². The van der Waals surface area contributed by atoms with Crippen LogP contribution in [0.1, 0.15) is 25.3 Å². The molecule has 0 aromatic heterocycles. The smallest absolute Gasteiger partial charge is 0.122 e. The van der Waals surface area contributed by atoms with Crippen LogP contribution in [0.15, 0.2) is 24.3 Å². The summed E-state index contributed by atoms with van der Waals surface area (Å²) in [5, 5.41) is 3.56. The molecule has 0 bridgehead atoms. The minimum atomic E-state index is 0.527. The highest BCUT2D eigenvalue weighted by Crippen LogP contribution is 2.20. The van der Waals surface area contributed by atoms with Crippen molar-refractivity contribution in [2.75, 3.05) is 27.2 Å². The van der Waals surface area contributed by atoms with Gasteiger partial charge in [0.1, 0.15) is 5.75 Å². The molecule has 2 atom stereocenters.